The summed E-state index contributed by atoms with van der Waals surface area (Å²) in [4.78, 5) is 30.1. The molecule has 25 heavy (non-hydrogen) atoms. The smallest absolute Gasteiger partial charge is 0.274 e. The van der Waals surface area contributed by atoms with Crippen molar-refractivity contribution in [3.63, 3.8) is 0 Å². The number of carbonyl (C=O) groups is 1. The summed E-state index contributed by atoms with van der Waals surface area (Å²) in [6.07, 6.45) is 11.5. The van der Waals surface area contributed by atoms with Gasteiger partial charge in [-0.25, -0.2) is 15.0 Å². The van der Waals surface area contributed by atoms with Crippen LogP contribution in [0.1, 0.15) is 36.2 Å². The first-order valence-electron chi connectivity index (χ1n) is 8.94. The van der Waals surface area contributed by atoms with Gasteiger partial charge >= 0.3 is 0 Å². The molecule has 0 N–H and O–H groups in total. The summed E-state index contributed by atoms with van der Waals surface area (Å²) >= 11 is 0. The minimum Gasteiger partial charge on any atom is -0.340 e. The molecule has 7 heteroatoms. The largest absolute Gasteiger partial charge is 0.340 e. The predicted molar refractivity (Wildman–Crippen MR) is 94.3 cm³/mol. The second-order valence-corrected chi connectivity index (χ2v) is 7.33. The van der Waals surface area contributed by atoms with Crippen molar-refractivity contribution in [3.05, 3.63) is 36.7 Å². The van der Waals surface area contributed by atoms with Gasteiger partial charge in [0.1, 0.15) is 5.69 Å². The summed E-state index contributed by atoms with van der Waals surface area (Å²) in [5.41, 5.74) is 0.679. The lowest BCUT2D eigenvalue weighted by molar-refractivity contribution is 0.0460. The quantitative estimate of drug-likeness (QED) is 0.833. The van der Waals surface area contributed by atoms with Crippen LogP contribution in [0, 0.1) is 5.41 Å². The van der Waals surface area contributed by atoms with Gasteiger partial charge in [0.15, 0.2) is 0 Å². The standard InChI is InChI=1S/C18H24N6O/c1-22-11-15(21-14-22)16(25)23-9-2-5-18(12-23)6-3-10-24(13-18)17-19-7-4-8-20-17/h4,7-8,11,14H,2-3,5-6,9-10,12-13H2,1H3. The molecule has 2 saturated heterocycles. The lowest BCUT2D eigenvalue weighted by Crippen LogP contribution is -2.54. The van der Waals surface area contributed by atoms with E-state index in [1.165, 1.54) is 0 Å². The summed E-state index contributed by atoms with van der Waals surface area (Å²) in [5, 5.41) is 0. The third kappa shape index (κ3) is 3.23. The van der Waals surface area contributed by atoms with Crippen LogP contribution in [0.25, 0.3) is 0 Å². The molecule has 2 aromatic rings. The zero-order chi connectivity index (χ0) is 17.3. The number of piperidine rings is 2. The molecule has 7 nitrogen and oxygen atoms in total. The third-order valence-electron chi connectivity index (χ3n) is 5.37. The minimum absolute atomic E-state index is 0.0489. The van der Waals surface area contributed by atoms with Crippen LogP contribution in [0.15, 0.2) is 31.0 Å². The highest BCUT2D eigenvalue weighted by Gasteiger charge is 2.41. The Bertz CT molecular complexity index is 741. The average Bonchev–Trinajstić information content (AvgIpc) is 3.08. The van der Waals surface area contributed by atoms with Gasteiger partial charge in [-0.1, -0.05) is 0 Å². The van der Waals surface area contributed by atoms with Crippen molar-refractivity contribution in [2.45, 2.75) is 25.7 Å². The number of rotatable bonds is 2. The predicted octanol–water partition coefficient (Wildman–Crippen LogP) is 1.73. The molecule has 1 amide bonds. The van der Waals surface area contributed by atoms with Gasteiger partial charge in [0.2, 0.25) is 5.95 Å². The van der Waals surface area contributed by atoms with E-state index in [0.29, 0.717) is 5.69 Å². The number of hydrogen-bond donors (Lipinski definition) is 0. The Morgan fingerprint density at radius 1 is 1.08 bits per heavy atom. The number of carbonyl (C=O) groups excluding carboxylic acids is 1. The van der Waals surface area contributed by atoms with E-state index >= 15 is 0 Å². The highest BCUT2D eigenvalue weighted by molar-refractivity contribution is 5.92. The number of hydrogen-bond acceptors (Lipinski definition) is 5. The van der Waals surface area contributed by atoms with Gasteiger partial charge in [-0.3, -0.25) is 4.79 Å². The van der Waals surface area contributed by atoms with Crippen LogP contribution in [0.5, 0.6) is 0 Å². The molecule has 0 aliphatic carbocycles. The molecule has 0 radical (unpaired) electrons. The molecule has 1 unspecified atom stereocenters. The minimum atomic E-state index is 0.0489. The lowest BCUT2D eigenvalue weighted by atomic mass is 9.73. The van der Waals surface area contributed by atoms with E-state index in [0.717, 1.165) is 57.8 Å². The Balaban J connectivity index is 1.50. The van der Waals surface area contributed by atoms with Crippen LogP contribution in [-0.2, 0) is 7.05 Å². The molecule has 0 aromatic carbocycles. The molecule has 2 aromatic heterocycles. The first-order valence-corrected chi connectivity index (χ1v) is 8.94. The van der Waals surface area contributed by atoms with Gasteiger partial charge < -0.3 is 14.4 Å². The average molecular weight is 340 g/mol. The normalized spacial score (nSPS) is 23.9. The number of aromatic nitrogens is 4. The molecule has 1 atom stereocenters. The SMILES string of the molecule is Cn1cnc(C(=O)N2CCCC3(CCCN(c4ncccn4)C3)C2)c1. The zero-order valence-electron chi connectivity index (χ0n) is 14.6. The number of amides is 1. The second-order valence-electron chi connectivity index (χ2n) is 7.33. The monoisotopic (exact) mass is 340 g/mol. The summed E-state index contributed by atoms with van der Waals surface area (Å²) in [6.45, 7) is 3.52. The number of anilines is 1. The van der Waals surface area contributed by atoms with Gasteiger partial charge in [-0.05, 0) is 31.7 Å². The molecular weight excluding hydrogens is 316 g/mol. The van der Waals surface area contributed by atoms with Crippen LogP contribution >= 0.6 is 0 Å². The Labute approximate surface area is 147 Å². The number of aryl methyl sites for hydroxylation is 1. The first-order chi connectivity index (χ1) is 12.2. The van der Waals surface area contributed by atoms with Gasteiger partial charge in [-0.15, -0.1) is 0 Å². The van der Waals surface area contributed by atoms with Crippen molar-refractivity contribution in [3.8, 4) is 0 Å². The van der Waals surface area contributed by atoms with E-state index in [2.05, 4.69) is 19.9 Å². The lowest BCUT2D eigenvalue weighted by Gasteiger charge is -2.48. The highest BCUT2D eigenvalue weighted by Crippen LogP contribution is 2.39. The molecule has 4 rings (SSSR count). The zero-order valence-corrected chi connectivity index (χ0v) is 14.6. The second kappa shape index (κ2) is 6.46. The summed E-state index contributed by atoms with van der Waals surface area (Å²) in [6, 6.07) is 1.84. The van der Waals surface area contributed by atoms with Gasteiger partial charge in [0.05, 0.1) is 6.33 Å². The fourth-order valence-electron chi connectivity index (χ4n) is 4.23. The van der Waals surface area contributed by atoms with Crippen molar-refractivity contribution < 1.29 is 4.79 Å². The Morgan fingerprint density at radius 2 is 1.84 bits per heavy atom. The summed E-state index contributed by atoms with van der Waals surface area (Å²) in [7, 11) is 1.89. The highest BCUT2D eigenvalue weighted by atomic mass is 16.2. The maximum atomic E-state index is 12.8. The van der Waals surface area contributed by atoms with Crippen LogP contribution in [0.2, 0.25) is 0 Å². The maximum Gasteiger partial charge on any atom is 0.274 e. The van der Waals surface area contributed by atoms with Crippen molar-refractivity contribution >= 4 is 11.9 Å². The Morgan fingerprint density at radius 3 is 2.56 bits per heavy atom. The molecule has 2 aliphatic heterocycles. The van der Waals surface area contributed by atoms with E-state index < -0.39 is 0 Å². The topological polar surface area (TPSA) is 67.2 Å². The van der Waals surface area contributed by atoms with E-state index in [-0.39, 0.29) is 11.3 Å². The van der Waals surface area contributed by atoms with Crippen LogP contribution in [0.3, 0.4) is 0 Å². The van der Waals surface area contributed by atoms with Crippen LogP contribution in [-0.4, -0.2) is 56.5 Å². The molecule has 1 spiro atoms. The van der Waals surface area contributed by atoms with Crippen molar-refractivity contribution in [2.24, 2.45) is 12.5 Å². The van der Waals surface area contributed by atoms with E-state index in [4.69, 9.17) is 0 Å². The number of imidazole rings is 1. The molecule has 0 bridgehead atoms. The summed E-state index contributed by atoms with van der Waals surface area (Å²) < 4.78 is 1.82. The molecule has 4 heterocycles. The van der Waals surface area contributed by atoms with Gasteiger partial charge in [0, 0.05) is 57.2 Å². The number of nitrogens with zero attached hydrogens (tertiary/aromatic N) is 6. The Hall–Kier alpha value is -2.44. The van der Waals surface area contributed by atoms with E-state index in [1.54, 1.807) is 24.9 Å². The maximum absolute atomic E-state index is 12.8. The van der Waals surface area contributed by atoms with Crippen molar-refractivity contribution in [1.82, 2.24) is 24.4 Å². The molecule has 0 saturated carbocycles. The third-order valence-corrected chi connectivity index (χ3v) is 5.37. The fourth-order valence-corrected chi connectivity index (χ4v) is 4.23. The molecule has 132 valence electrons. The van der Waals surface area contributed by atoms with Crippen LogP contribution in [0.4, 0.5) is 5.95 Å². The molecule has 2 fully saturated rings. The molecule has 2 aliphatic rings. The van der Waals surface area contributed by atoms with Crippen molar-refractivity contribution in [1.29, 1.82) is 0 Å². The van der Waals surface area contributed by atoms with Crippen LogP contribution < -0.4 is 4.90 Å². The van der Waals surface area contributed by atoms with E-state index in [9.17, 15) is 4.79 Å². The van der Waals surface area contributed by atoms with Gasteiger partial charge in [-0.2, -0.15) is 0 Å². The van der Waals surface area contributed by atoms with E-state index in [1.807, 2.05) is 22.6 Å². The Kier molecular flexibility index (Phi) is 4.15. The fraction of sp³-hybridized carbons (Fsp3) is 0.556. The number of likely N-dealkylation sites (tertiary alicyclic amines) is 1. The first kappa shape index (κ1) is 16.1. The van der Waals surface area contributed by atoms with Crippen molar-refractivity contribution in [2.75, 3.05) is 31.1 Å². The van der Waals surface area contributed by atoms with Gasteiger partial charge in [0.25, 0.3) is 5.91 Å². The summed E-state index contributed by atoms with van der Waals surface area (Å²) in [5.74, 6) is 0.850. The molecular formula is C18H24N6O.